The number of aliphatic hydroxyl groups is 1. The average molecular weight is 342 g/mol. The summed E-state index contributed by atoms with van der Waals surface area (Å²) in [5.74, 6) is -3.63. The van der Waals surface area contributed by atoms with Gasteiger partial charge in [0.25, 0.3) is 0 Å². The van der Waals surface area contributed by atoms with Crippen LogP contribution in [0.2, 0.25) is 0 Å². The number of rotatable bonds is 11. The zero-order valence-electron chi connectivity index (χ0n) is 12.8. The molecule has 0 aliphatic rings. The number of aliphatic hydroxyl groups excluding tert-OH is 1. The van der Waals surface area contributed by atoms with Crippen LogP contribution in [0, 0.1) is 0 Å². The zero-order chi connectivity index (χ0) is 17.9. The molecule has 0 heterocycles. The summed E-state index contributed by atoms with van der Waals surface area (Å²) in [6.07, 6.45) is 0. The Bertz CT molecular complexity index is 582. The molecule has 0 unspecified atom stereocenters. The van der Waals surface area contributed by atoms with E-state index in [1.165, 1.54) is 6.07 Å². The third kappa shape index (κ3) is 6.32. The summed E-state index contributed by atoms with van der Waals surface area (Å²) in [6, 6.07) is 3.18. The Hall–Kier alpha value is -2.49. The number of carboxylic acids is 2. The van der Waals surface area contributed by atoms with Crippen LogP contribution < -0.4 is 0 Å². The lowest BCUT2D eigenvalue weighted by Gasteiger charge is -2.08. The smallest absolute Gasteiger partial charge is 0.338 e. The van der Waals surface area contributed by atoms with Gasteiger partial charge in [0.15, 0.2) is 0 Å². The number of carboxylic acid groups (broad SMARTS) is 2. The average Bonchev–Trinajstić information content (AvgIpc) is 2.56. The summed E-state index contributed by atoms with van der Waals surface area (Å²) in [6.45, 7) is 0.781. The predicted molar refractivity (Wildman–Crippen MR) is 79.4 cm³/mol. The Morgan fingerprint density at radius 3 is 2.00 bits per heavy atom. The second-order valence-electron chi connectivity index (χ2n) is 4.45. The van der Waals surface area contributed by atoms with Crippen molar-refractivity contribution >= 4 is 17.9 Å². The quantitative estimate of drug-likeness (QED) is 0.381. The number of benzene rings is 1. The number of hydrogen-bond acceptors (Lipinski definition) is 7. The molecule has 1 aromatic rings. The lowest BCUT2D eigenvalue weighted by molar-refractivity contribution is 0.00919. The largest absolute Gasteiger partial charge is 0.478 e. The van der Waals surface area contributed by atoms with Gasteiger partial charge >= 0.3 is 17.9 Å². The van der Waals surface area contributed by atoms with Gasteiger partial charge in [-0.05, 0) is 18.2 Å². The molecule has 0 amide bonds. The molecule has 0 saturated carbocycles. The summed E-state index contributed by atoms with van der Waals surface area (Å²) in [7, 11) is 0. The van der Waals surface area contributed by atoms with E-state index in [0.29, 0.717) is 6.61 Å². The summed E-state index contributed by atoms with van der Waals surface area (Å²) in [4.78, 5) is 33.8. The highest BCUT2D eigenvalue weighted by atomic mass is 16.6. The van der Waals surface area contributed by atoms with Crippen LogP contribution in [0.5, 0.6) is 0 Å². The van der Waals surface area contributed by atoms with E-state index < -0.39 is 29.0 Å². The van der Waals surface area contributed by atoms with Crippen LogP contribution in [0.4, 0.5) is 0 Å². The van der Waals surface area contributed by atoms with Crippen molar-refractivity contribution in [2.75, 3.05) is 39.6 Å². The second kappa shape index (κ2) is 10.3. The van der Waals surface area contributed by atoms with Crippen molar-refractivity contribution in [3.63, 3.8) is 0 Å². The number of hydrogen-bond donors (Lipinski definition) is 3. The van der Waals surface area contributed by atoms with E-state index in [9.17, 15) is 14.4 Å². The molecule has 0 aliphatic carbocycles. The van der Waals surface area contributed by atoms with Crippen LogP contribution in [0.1, 0.15) is 31.1 Å². The molecular weight excluding hydrogens is 324 g/mol. The molecule has 9 heteroatoms. The molecule has 0 radical (unpaired) electrons. The van der Waals surface area contributed by atoms with Gasteiger partial charge < -0.3 is 29.5 Å². The minimum atomic E-state index is -1.45. The van der Waals surface area contributed by atoms with Gasteiger partial charge in [-0.1, -0.05) is 0 Å². The van der Waals surface area contributed by atoms with E-state index >= 15 is 0 Å². The maximum Gasteiger partial charge on any atom is 0.338 e. The van der Waals surface area contributed by atoms with Crippen molar-refractivity contribution in [1.82, 2.24) is 0 Å². The van der Waals surface area contributed by atoms with Crippen molar-refractivity contribution in [3.05, 3.63) is 34.9 Å². The van der Waals surface area contributed by atoms with Crippen molar-refractivity contribution < 1.29 is 43.9 Å². The SMILES string of the molecule is O=C(OCCOCCOCCO)c1ccc(C(=O)O)c(C(=O)O)c1. The summed E-state index contributed by atoms with van der Waals surface area (Å²) in [5.41, 5.74) is -0.969. The Balaban J connectivity index is 2.46. The Morgan fingerprint density at radius 2 is 1.42 bits per heavy atom. The van der Waals surface area contributed by atoms with Crippen LogP contribution in [0.3, 0.4) is 0 Å². The molecule has 1 aromatic carbocycles. The minimum absolute atomic E-state index is 0.0537. The highest BCUT2D eigenvalue weighted by molar-refractivity contribution is 6.03. The van der Waals surface area contributed by atoms with E-state index in [0.717, 1.165) is 12.1 Å². The number of carbonyl (C=O) groups excluding carboxylic acids is 1. The minimum Gasteiger partial charge on any atom is -0.478 e. The third-order valence-corrected chi connectivity index (χ3v) is 2.78. The molecule has 9 nitrogen and oxygen atoms in total. The second-order valence-corrected chi connectivity index (χ2v) is 4.45. The van der Waals surface area contributed by atoms with Crippen LogP contribution in [0.25, 0.3) is 0 Å². The van der Waals surface area contributed by atoms with Gasteiger partial charge in [-0.2, -0.15) is 0 Å². The van der Waals surface area contributed by atoms with E-state index in [4.69, 9.17) is 29.5 Å². The van der Waals surface area contributed by atoms with Gasteiger partial charge in [0.05, 0.1) is 49.7 Å². The number of aromatic carboxylic acids is 2. The predicted octanol–water partition coefficient (Wildman–Crippen LogP) is 0.265. The van der Waals surface area contributed by atoms with Gasteiger partial charge in [-0.3, -0.25) is 0 Å². The molecule has 0 aliphatic heterocycles. The molecule has 1 rings (SSSR count). The van der Waals surface area contributed by atoms with E-state index in [-0.39, 0.29) is 38.6 Å². The molecule has 0 fully saturated rings. The maximum absolute atomic E-state index is 11.8. The molecule has 0 spiro atoms. The molecule has 132 valence electrons. The third-order valence-electron chi connectivity index (χ3n) is 2.78. The Kier molecular flexibility index (Phi) is 8.41. The first kappa shape index (κ1) is 19.6. The van der Waals surface area contributed by atoms with Crippen LogP contribution >= 0.6 is 0 Å². The van der Waals surface area contributed by atoms with Crippen molar-refractivity contribution in [2.45, 2.75) is 0 Å². The normalized spacial score (nSPS) is 10.4. The van der Waals surface area contributed by atoms with E-state index in [1.54, 1.807) is 0 Å². The molecule has 0 aromatic heterocycles. The molecular formula is C15H18O9. The van der Waals surface area contributed by atoms with E-state index in [2.05, 4.69) is 0 Å². The van der Waals surface area contributed by atoms with Gasteiger partial charge in [0, 0.05) is 0 Å². The molecule has 3 N–H and O–H groups in total. The van der Waals surface area contributed by atoms with Gasteiger partial charge in [-0.25, -0.2) is 14.4 Å². The maximum atomic E-state index is 11.8. The molecule has 0 saturated heterocycles. The van der Waals surface area contributed by atoms with E-state index in [1.807, 2.05) is 0 Å². The van der Waals surface area contributed by atoms with Gasteiger partial charge in [0.2, 0.25) is 0 Å². The first-order valence-corrected chi connectivity index (χ1v) is 7.01. The Morgan fingerprint density at radius 1 is 0.833 bits per heavy atom. The number of carbonyl (C=O) groups is 3. The van der Waals surface area contributed by atoms with Crippen molar-refractivity contribution in [1.29, 1.82) is 0 Å². The lowest BCUT2D eigenvalue weighted by Crippen LogP contribution is -2.15. The first-order valence-electron chi connectivity index (χ1n) is 7.01. The topological polar surface area (TPSA) is 140 Å². The molecule has 24 heavy (non-hydrogen) atoms. The standard InChI is InChI=1S/C15H18O9/c16-3-4-22-5-6-23-7-8-24-15(21)10-1-2-11(13(17)18)12(9-10)14(19)20/h1-2,9,16H,3-8H2,(H,17,18)(H,19,20). The van der Waals surface area contributed by atoms with Crippen LogP contribution in [0.15, 0.2) is 18.2 Å². The Labute approximate surface area is 137 Å². The zero-order valence-corrected chi connectivity index (χ0v) is 12.8. The fourth-order valence-electron chi connectivity index (χ4n) is 1.70. The van der Waals surface area contributed by atoms with Gasteiger partial charge in [0.1, 0.15) is 6.61 Å². The van der Waals surface area contributed by atoms with Crippen molar-refractivity contribution in [3.8, 4) is 0 Å². The highest BCUT2D eigenvalue weighted by Crippen LogP contribution is 2.13. The fraction of sp³-hybridized carbons (Fsp3) is 0.400. The van der Waals surface area contributed by atoms with Crippen molar-refractivity contribution in [2.24, 2.45) is 0 Å². The summed E-state index contributed by atoms with van der Waals surface area (Å²) in [5, 5.41) is 26.4. The highest BCUT2D eigenvalue weighted by Gasteiger charge is 2.19. The summed E-state index contributed by atoms with van der Waals surface area (Å²) < 4.78 is 15.0. The van der Waals surface area contributed by atoms with Gasteiger partial charge in [-0.15, -0.1) is 0 Å². The monoisotopic (exact) mass is 342 g/mol. The lowest BCUT2D eigenvalue weighted by atomic mass is 10.0. The molecule has 0 bridgehead atoms. The number of ether oxygens (including phenoxy) is 3. The number of esters is 1. The summed E-state index contributed by atoms with van der Waals surface area (Å²) >= 11 is 0. The molecule has 0 atom stereocenters. The first-order chi connectivity index (χ1) is 11.5. The van der Waals surface area contributed by atoms with Crippen LogP contribution in [-0.2, 0) is 14.2 Å². The van der Waals surface area contributed by atoms with Crippen LogP contribution in [-0.4, -0.2) is 72.9 Å². The fourth-order valence-corrected chi connectivity index (χ4v) is 1.70.